The monoisotopic (exact) mass is 304 g/mol. The maximum absolute atomic E-state index is 12.1. The van der Waals surface area contributed by atoms with Gasteiger partial charge in [0.05, 0.1) is 6.04 Å². The van der Waals surface area contributed by atoms with Gasteiger partial charge in [0, 0.05) is 31.7 Å². The number of urea groups is 1. The number of likely N-dealkylation sites (N-methyl/N-ethyl adjacent to an activating group) is 1. The van der Waals surface area contributed by atoms with Crippen LogP contribution in [0.25, 0.3) is 0 Å². The molecule has 2 N–H and O–H groups in total. The van der Waals surface area contributed by atoms with E-state index in [9.17, 15) is 9.59 Å². The van der Waals surface area contributed by atoms with Gasteiger partial charge < -0.3 is 20.4 Å². The molecule has 0 aromatic heterocycles. The van der Waals surface area contributed by atoms with E-state index >= 15 is 0 Å². The summed E-state index contributed by atoms with van der Waals surface area (Å²) in [5, 5.41) is 5.66. The average Bonchev–Trinajstić information content (AvgIpc) is 2.80. The maximum Gasteiger partial charge on any atom is 0.315 e. The van der Waals surface area contributed by atoms with Gasteiger partial charge >= 0.3 is 6.03 Å². The molecule has 1 saturated heterocycles. The molecule has 22 heavy (non-hydrogen) atoms. The number of hydrogen-bond donors (Lipinski definition) is 2. The molecule has 0 radical (unpaired) electrons. The van der Waals surface area contributed by atoms with Crippen LogP contribution in [-0.4, -0.2) is 56.6 Å². The number of nitrogens with one attached hydrogen (secondary N) is 2. The van der Waals surface area contributed by atoms with Crippen LogP contribution in [0.2, 0.25) is 0 Å². The highest BCUT2D eigenvalue weighted by Gasteiger charge is 2.31. The minimum atomic E-state index is -0.217. The first kappa shape index (κ1) is 16.3. The molecule has 1 aliphatic rings. The SMILES string of the molecule is Cc1ccc(N2CC(NC(=O)NCCN(C)C)CC2=O)cc1. The number of benzene rings is 1. The maximum atomic E-state index is 12.1. The molecule has 1 aromatic rings. The van der Waals surface area contributed by atoms with Crippen molar-refractivity contribution >= 4 is 17.6 Å². The van der Waals surface area contributed by atoms with Gasteiger partial charge in [0.25, 0.3) is 0 Å². The van der Waals surface area contributed by atoms with Crippen molar-refractivity contribution in [2.45, 2.75) is 19.4 Å². The highest BCUT2D eigenvalue weighted by Crippen LogP contribution is 2.21. The Bertz CT molecular complexity index is 527. The third kappa shape index (κ3) is 4.46. The summed E-state index contributed by atoms with van der Waals surface area (Å²) in [6.07, 6.45) is 0.342. The van der Waals surface area contributed by atoms with Crippen molar-refractivity contribution < 1.29 is 9.59 Å². The van der Waals surface area contributed by atoms with Crippen LogP contribution in [-0.2, 0) is 4.79 Å². The zero-order valence-corrected chi connectivity index (χ0v) is 13.4. The molecule has 6 nitrogen and oxygen atoms in total. The molecule has 0 saturated carbocycles. The lowest BCUT2D eigenvalue weighted by molar-refractivity contribution is -0.117. The van der Waals surface area contributed by atoms with Gasteiger partial charge in [0.2, 0.25) is 5.91 Å². The fourth-order valence-corrected chi connectivity index (χ4v) is 2.41. The van der Waals surface area contributed by atoms with Crippen molar-refractivity contribution in [2.24, 2.45) is 0 Å². The predicted octanol–water partition coefficient (Wildman–Crippen LogP) is 0.961. The largest absolute Gasteiger partial charge is 0.337 e. The van der Waals surface area contributed by atoms with Crippen LogP contribution in [0.5, 0.6) is 0 Å². The van der Waals surface area contributed by atoms with E-state index in [1.807, 2.05) is 50.2 Å². The lowest BCUT2D eigenvalue weighted by Gasteiger charge is -2.18. The van der Waals surface area contributed by atoms with Crippen LogP contribution in [0.3, 0.4) is 0 Å². The Balaban J connectivity index is 1.84. The second kappa shape index (κ2) is 7.26. The minimum Gasteiger partial charge on any atom is -0.337 e. The molecule has 0 aliphatic carbocycles. The van der Waals surface area contributed by atoms with E-state index in [1.54, 1.807) is 4.90 Å². The number of carbonyl (C=O) groups excluding carboxylic acids is 2. The topological polar surface area (TPSA) is 64.7 Å². The van der Waals surface area contributed by atoms with Crippen molar-refractivity contribution in [3.63, 3.8) is 0 Å². The summed E-state index contributed by atoms with van der Waals surface area (Å²) >= 11 is 0. The molecule has 6 heteroatoms. The molecular formula is C16H24N4O2. The molecule has 1 unspecified atom stereocenters. The van der Waals surface area contributed by atoms with E-state index in [2.05, 4.69) is 10.6 Å². The zero-order valence-electron chi connectivity index (χ0n) is 13.4. The lowest BCUT2D eigenvalue weighted by atomic mass is 10.2. The number of hydrogen-bond acceptors (Lipinski definition) is 3. The molecular weight excluding hydrogens is 280 g/mol. The second-order valence-electron chi connectivity index (χ2n) is 5.94. The molecule has 0 bridgehead atoms. The van der Waals surface area contributed by atoms with Gasteiger partial charge in [-0.25, -0.2) is 4.79 Å². The van der Waals surface area contributed by atoms with Crippen molar-refractivity contribution in [1.29, 1.82) is 0 Å². The van der Waals surface area contributed by atoms with Gasteiger partial charge in [-0.15, -0.1) is 0 Å². The number of aryl methyl sites for hydroxylation is 1. The fourth-order valence-electron chi connectivity index (χ4n) is 2.41. The van der Waals surface area contributed by atoms with Gasteiger partial charge in [-0.1, -0.05) is 17.7 Å². The third-order valence-corrected chi connectivity index (χ3v) is 3.65. The summed E-state index contributed by atoms with van der Waals surface area (Å²) in [5.41, 5.74) is 2.04. The summed E-state index contributed by atoms with van der Waals surface area (Å²) in [7, 11) is 3.91. The number of anilines is 1. The fraction of sp³-hybridized carbons (Fsp3) is 0.500. The van der Waals surface area contributed by atoms with E-state index in [-0.39, 0.29) is 18.0 Å². The highest BCUT2D eigenvalue weighted by atomic mass is 16.2. The average molecular weight is 304 g/mol. The smallest absolute Gasteiger partial charge is 0.315 e. The molecule has 1 fully saturated rings. The molecule has 1 aliphatic heterocycles. The Kier molecular flexibility index (Phi) is 5.38. The summed E-state index contributed by atoms with van der Waals surface area (Å²) in [5.74, 6) is 0.0439. The molecule has 0 spiro atoms. The Morgan fingerprint density at radius 1 is 1.32 bits per heavy atom. The van der Waals surface area contributed by atoms with Gasteiger partial charge in [-0.3, -0.25) is 4.79 Å². The quantitative estimate of drug-likeness (QED) is 0.851. The van der Waals surface area contributed by atoms with Crippen molar-refractivity contribution in [3.8, 4) is 0 Å². The van der Waals surface area contributed by atoms with Crippen molar-refractivity contribution in [3.05, 3.63) is 29.8 Å². The van der Waals surface area contributed by atoms with Crippen molar-refractivity contribution in [2.75, 3.05) is 38.6 Å². The zero-order chi connectivity index (χ0) is 16.1. The van der Waals surface area contributed by atoms with Crippen LogP contribution >= 0.6 is 0 Å². The number of rotatable bonds is 5. The van der Waals surface area contributed by atoms with E-state index in [4.69, 9.17) is 0 Å². The van der Waals surface area contributed by atoms with Crippen LogP contribution in [0.1, 0.15) is 12.0 Å². The second-order valence-corrected chi connectivity index (χ2v) is 5.94. The highest BCUT2D eigenvalue weighted by molar-refractivity contribution is 5.96. The standard InChI is InChI=1S/C16H24N4O2/c1-12-4-6-14(7-5-12)20-11-13(10-15(20)21)18-16(22)17-8-9-19(2)3/h4-7,13H,8-11H2,1-3H3,(H2,17,18,22). The first-order chi connectivity index (χ1) is 10.5. The van der Waals surface area contributed by atoms with E-state index in [0.29, 0.717) is 19.5 Å². The normalized spacial score (nSPS) is 17.9. The third-order valence-electron chi connectivity index (χ3n) is 3.65. The van der Waals surface area contributed by atoms with Gasteiger partial charge in [-0.05, 0) is 33.2 Å². The summed E-state index contributed by atoms with van der Waals surface area (Å²) in [6, 6.07) is 7.48. The number of amides is 3. The van der Waals surface area contributed by atoms with E-state index < -0.39 is 0 Å². The van der Waals surface area contributed by atoms with Gasteiger partial charge in [0.15, 0.2) is 0 Å². The lowest BCUT2D eigenvalue weighted by Crippen LogP contribution is -2.45. The Morgan fingerprint density at radius 2 is 2.00 bits per heavy atom. The number of nitrogens with zero attached hydrogens (tertiary/aromatic N) is 2. The minimum absolute atomic E-state index is 0.0439. The molecule has 120 valence electrons. The Hall–Kier alpha value is -2.08. The molecule has 1 atom stereocenters. The molecule has 2 rings (SSSR count). The summed E-state index contributed by atoms with van der Waals surface area (Å²) < 4.78 is 0. The van der Waals surface area contributed by atoms with Crippen LogP contribution in [0, 0.1) is 6.92 Å². The first-order valence-corrected chi connectivity index (χ1v) is 7.52. The van der Waals surface area contributed by atoms with E-state index in [1.165, 1.54) is 0 Å². The van der Waals surface area contributed by atoms with Gasteiger partial charge in [0.1, 0.15) is 0 Å². The van der Waals surface area contributed by atoms with Crippen LogP contribution in [0.4, 0.5) is 10.5 Å². The summed E-state index contributed by atoms with van der Waals surface area (Å²) in [4.78, 5) is 27.6. The summed E-state index contributed by atoms with van der Waals surface area (Å²) in [6.45, 7) is 3.90. The Morgan fingerprint density at radius 3 is 2.64 bits per heavy atom. The van der Waals surface area contributed by atoms with Crippen LogP contribution in [0.15, 0.2) is 24.3 Å². The first-order valence-electron chi connectivity index (χ1n) is 7.52. The van der Waals surface area contributed by atoms with Crippen molar-refractivity contribution in [1.82, 2.24) is 15.5 Å². The van der Waals surface area contributed by atoms with Crippen LogP contribution < -0.4 is 15.5 Å². The molecule has 1 heterocycles. The van der Waals surface area contributed by atoms with Gasteiger partial charge in [-0.2, -0.15) is 0 Å². The molecule has 3 amide bonds. The number of carbonyl (C=O) groups is 2. The molecule has 1 aromatic carbocycles. The van der Waals surface area contributed by atoms with E-state index in [0.717, 1.165) is 17.8 Å². The Labute approximate surface area is 131 Å². The predicted molar refractivity (Wildman–Crippen MR) is 87.0 cm³/mol.